The summed E-state index contributed by atoms with van der Waals surface area (Å²) in [5.41, 5.74) is 1.25. The number of nitrogens with zero attached hydrogens (tertiary/aromatic N) is 3. The van der Waals surface area contributed by atoms with Gasteiger partial charge in [0.15, 0.2) is 5.96 Å². The van der Waals surface area contributed by atoms with Crippen molar-refractivity contribution in [2.24, 2.45) is 18.0 Å². The molecule has 5 heteroatoms. The molecule has 112 valence electrons. The molecule has 0 amide bonds. The van der Waals surface area contributed by atoms with E-state index in [2.05, 4.69) is 33.8 Å². The molecule has 1 fully saturated rings. The highest BCUT2D eigenvalue weighted by Crippen LogP contribution is 2.23. The third kappa shape index (κ3) is 4.54. The Morgan fingerprint density at radius 1 is 1.40 bits per heavy atom. The van der Waals surface area contributed by atoms with Crippen LogP contribution in [0, 0.1) is 5.92 Å². The summed E-state index contributed by atoms with van der Waals surface area (Å²) in [7, 11) is 3.78. The largest absolute Gasteiger partial charge is 0.356 e. The lowest BCUT2D eigenvalue weighted by molar-refractivity contribution is 0.329. The van der Waals surface area contributed by atoms with E-state index in [1.807, 2.05) is 25.0 Å². The number of aromatic nitrogens is 2. The molecule has 20 heavy (non-hydrogen) atoms. The van der Waals surface area contributed by atoms with Crippen LogP contribution in [0.15, 0.2) is 17.4 Å². The molecule has 1 aliphatic carbocycles. The molecule has 1 saturated carbocycles. The fourth-order valence-electron chi connectivity index (χ4n) is 2.72. The monoisotopic (exact) mass is 277 g/mol. The van der Waals surface area contributed by atoms with E-state index < -0.39 is 0 Å². The van der Waals surface area contributed by atoms with Crippen molar-refractivity contribution in [3.63, 3.8) is 0 Å². The van der Waals surface area contributed by atoms with Crippen molar-refractivity contribution in [2.45, 2.75) is 45.1 Å². The van der Waals surface area contributed by atoms with Gasteiger partial charge in [0.1, 0.15) is 0 Å². The van der Waals surface area contributed by atoms with Crippen molar-refractivity contribution in [1.29, 1.82) is 0 Å². The second-order valence-corrected chi connectivity index (χ2v) is 5.87. The summed E-state index contributed by atoms with van der Waals surface area (Å²) < 4.78 is 1.84. The number of guanidine groups is 1. The summed E-state index contributed by atoms with van der Waals surface area (Å²) in [5.74, 6) is 1.81. The summed E-state index contributed by atoms with van der Waals surface area (Å²) in [5, 5.41) is 11.1. The van der Waals surface area contributed by atoms with Gasteiger partial charge in [0.2, 0.25) is 0 Å². The van der Waals surface area contributed by atoms with Gasteiger partial charge in [-0.15, -0.1) is 0 Å². The van der Waals surface area contributed by atoms with Crippen LogP contribution in [-0.2, 0) is 13.5 Å². The quantitative estimate of drug-likeness (QED) is 0.651. The Morgan fingerprint density at radius 2 is 2.15 bits per heavy atom. The summed E-state index contributed by atoms with van der Waals surface area (Å²) in [6.45, 7) is 3.23. The molecule has 2 rings (SSSR count). The van der Waals surface area contributed by atoms with Gasteiger partial charge in [0, 0.05) is 32.9 Å². The third-order valence-corrected chi connectivity index (χ3v) is 4.04. The average molecular weight is 277 g/mol. The van der Waals surface area contributed by atoms with E-state index >= 15 is 0 Å². The van der Waals surface area contributed by atoms with Crippen molar-refractivity contribution in [1.82, 2.24) is 20.4 Å². The van der Waals surface area contributed by atoms with Gasteiger partial charge < -0.3 is 10.6 Å². The minimum absolute atomic E-state index is 0.579. The lowest BCUT2D eigenvalue weighted by atomic mass is 9.87. The Labute approximate surface area is 121 Å². The second kappa shape index (κ2) is 7.31. The first kappa shape index (κ1) is 14.9. The summed E-state index contributed by atoms with van der Waals surface area (Å²) in [4.78, 5) is 4.31. The second-order valence-electron chi connectivity index (χ2n) is 5.87. The molecule has 0 radical (unpaired) electrons. The van der Waals surface area contributed by atoms with E-state index in [9.17, 15) is 0 Å². The van der Waals surface area contributed by atoms with Gasteiger partial charge in [-0.05, 0) is 43.6 Å². The Kier molecular flexibility index (Phi) is 5.44. The van der Waals surface area contributed by atoms with Crippen molar-refractivity contribution in [2.75, 3.05) is 13.6 Å². The molecule has 1 aromatic heterocycles. The fourth-order valence-corrected chi connectivity index (χ4v) is 2.72. The van der Waals surface area contributed by atoms with Crippen molar-refractivity contribution < 1.29 is 0 Å². The van der Waals surface area contributed by atoms with E-state index in [0.717, 1.165) is 24.8 Å². The predicted octanol–water partition coefficient (Wildman–Crippen LogP) is 1.71. The van der Waals surface area contributed by atoms with Crippen LogP contribution in [0.1, 0.15) is 38.2 Å². The maximum Gasteiger partial charge on any atom is 0.191 e. The summed E-state index contributed by atoms with van der Waals surface area (Å²) in [6.07, 6.45) is 10.1. The zero-order valence-corrected chi connectivity index (χ0v) is 12.9. The highest BCUT2D eigenvalue weighted by molar-refractivity contribution is 5.79. The van der Waals surface area contributed by atoms with Crippen LogP contribution in [0.4, 0.5) is 0 Å². The van der Waals surface area contributed by atoms with Gasteiger partial charge in [0.05, 0.1) is 6.20 Å². The Hall–Kier alpha value is -1.52. The SMILES string of the molecule is CN=C(NCCc1cnn(C)c1)NC1CCC(C)CC1. The molecule has 5 nitrogen and oxygen atoms in total. The van der Waals surface area contributed by atoms with Gasteiger partial charge in [-0.1, -0.05) is 6.92 Å². The molecule has 0 bridgehead atoms. The molecule has 2 N–H and O–H groups in total. The first-order valence-electron chi connectivity index (χ1n) is 7.62. The molecule has 1 heterocycles. The van der Waals surface area contributed by atoms with Crippen LogP contribution in [-0.4, -0.2) is 35.4 Å². The van der Waals surface area contributed by atoms with E-state index in [1.54, 1.807) is 0 Å². The van der Waals surface area contributed by atoms with Gasteiger partial charge in [-0.3, -0.25) is 9.67 Å². The Bertz CT molecular complexity index is 429. The lowest BCUT2D eigenvalue weighted by Gasteiger charge is -2.28. The van der Waals surface area contributed by atoms with Crippen molar-refractivity contribution in [3.8, 4) is 0 Å². The van der Waals surface area contributed by atoms with Crippen LogP contribution in [0.3, 0.4) is 0 Å². The highest BCUT2D eigenvalue weighted by Gasteiger charge is 2.18. The Balaban J connectivity index is 1.70. The molecule has 0 spiro atoms. The minimum Gasteiger partial charge on any atom is -0.356 e. The van der Waals surface area contributed by atoms with Gasteiger partial charge >= 0.3 is 0 Å². The smallest absolute Gasteiger partial charge is 0.191 e. The number of hydrogen-bond acceptors (Lipinski definition) is 2. The molecule has 0 saturated heterocycles. The number of aliphatic imine (C=N–C) groups is 1. The van der Waals surface area contributed by atoms with E-state index in [0.29, 0.717) is 6.04 Å². The van der Waals surface area contributed by atoms with Crippen LogP contribution in [0.2, 0.25) is 0 Å². The normalized spacial score (nSPS) is 23.6. The molecule has 1 aromatic rings. The van der Waals surface area contributed by atoms with Gasteiger partial charge in [-0.2, -0.15) is 5.10 Å². The fraction of sp³-hybridized carbons (Fsp3) is 0.733. The maximum atomic E-state index is 4.31. The van der Waals surface area contributed by atoms with E-state index in [4.69, 9.17) is 0 Å². The first-order chi connectivity index (χ1) is 9.67. The third-order valence-electron chi connectivity index (χ3n) is 4.04. The number of hydrogen-bond donors (Lipinski definition) is 2. The van der Waals surface area contributed by atoms with Crippen LogP contribution in [0.5, 0.6) is 0 Å². The Morgan fingerprint density at radius 3 is 2.75 bits per heavy atom. The predicted molar refractivity (Wildman–Crippen MR) is 82.8 cm³/mol. The molecular weight excluding hydrogens is 250 g/mol. The molecule has 0 atom stereocenters. The molecular formula is C15H27N5. The topological polar surface area (TPSA) is 54.2 Å². The molecule has 1 aliphatic rings. The summed E-state index contributed by atoms with van der Waals surface area (Å²) >= 11 is 0. The minimum atomic E-state index is 0.579. The summed E-state index contributed by atoms with van der Waals surface area (Å²) in [6, 6.07) is 0.579. The first-order valence-corrected chi connectivity index (χ1v) is 7.62. The zero-order chi connectivity index (χ0) is 14.4. The number of aryl methyl sites for hydroxylation is 1. The standard InChI is InChI=1S/C15H27N5/c1-12-4-6-14(7-5-12)19-15(16-2)17-9-8-13-10-18-20(3)11-13/h10-12,14H,4-9H2,1-3H3,(H2,16,17,19). The van der Waals surface area contributed by atoms with Crippen LogP contribution in [0.25, 0.3) is 0 Å². The molecule has 0 aliphatic heterocycles. The number of rotatable bonds is 4. The number of nitrogens with one attached hydrogen (secondary N) is 2. The highest BCUT2D eigenvalue weighted by atomic mass is 15.2. The van der Waals surface area contributed by atoms with Crippen LogP contribution < -0.4 is 10.6 Å². The lowest BCUT2D eigenvalue weighted by Crippen LogP contribution is -2.45. The van der Waals surface area contributed by atoms with Crippen LogP contribution >= 0.6 is 0 Å². The average Bonchev–Trinajstić information content (AvgIpc) is 2.85. The van der Waals surface area contributed by atoms with Crippen molar-refractivity contribution in [3.05, 3.63) is 18.0 Å². The van der Waals surface area contributed by atoms with E-state index in [1.165, 1.54) is 31.2 Å². The van der Waals surface area contributed by atoms with Gasteiger partial charge in [-0.25, -0.2) is 0 Å². The van der Waals surface area contributed by atoms with E-state index in [-0.39, 0.29) is 0 Å². The maximum absolute atomic E-state index is 4.31. The molecule has 0 unspecified atom stereocenters. The zero-order valence-electron chi connectivity index (χ0n) is 12.9. The molecule has 0 aromatic carbocycles. The van der Waals surface area contributed by atoms with Crippen molar-refractivity contribution >= 4 is 5.96 Å². The van der Waals surface area contributed by atoms with Gasteiger partial charge in [0.25, 0.3) is 0 Å².